The van der Waals surface area contributed by atoms with Gasteiger partial charge in [-0.05, 0) is 25.9 Å². The number of hydrogen-bond donors (Lipinski definition) is 1. The fourth-order valence-electron chi connectivity index (χ4n) is 1.20. The molecule has 0 aromatic carbocycles. The van der Waals surface area contributed by atoms with Gasteiger partial charge < -0.3 is 15.0 Å². The SMILES string of the molecule is CCNCCN(C)CCOCCC(C)C. The van der Waals surface area contributed by atoms with E-state index in [1.165, 1.54) is 6.42 Å². The first-order valence-electron chi connectivity index (χ1n) is 6.13. The Labute approximate surface area is 95.2 Å². The molecule has 0 aliphatic heterocycles. The molecule has 0 aromatic rings. The fraction of sp³-hybridized carbons (Fsp3) is 1.00. The zero-order valence-electron chi connectivity index (χ0n) is 10.9. The molecule has 0 bridgehead atoms. The molecule has 3 heteroatoms. The van der Waals surface area contributed by atoms with Crippen LogP contribution in [-0.2, 0) is 4.74 Å². The third kappa shape index (κ3) is 11.8. The van der Waals surface area contributed by atoms with Crippen molar-refractivity contribution in [3.05, 3.63) is 0 Å². The van der Waals surface area contributed by atoms with E-state index in [2.05, 4.69) is 38.0 Å². The lowest BCUT2D eigenvalue weighted by Crippen LogP contribution is -2.31. The van der Waals surface area contributed by atoms with Gasteiger partial charge in [0.05, 0.1) is 6.61 Å². The summed E-state index contributed by atoms with van der Waals surface area (Å²) in [5.74, 6) is 0.747. The van der Waals surface area contributed by atoms with E-state index in [1.807, 2.05) is 0 Å². The summed E-state index contributed by atoms with van der Waals surface area (Å²) in [6.07, 6.45) is 1.17. The van der Waals surface area contributed by atoms with Crippen LogP contribution in [-0.4, -0.2) is 51.3 Å². The summed E-state index contributed by atoms with van der Waals surface area (Å²) in [6.45, 7) is 12.6. The molecule has 0 aliphatic carbocycles. The van der Waals surface area contributed by atoms with E-state index in [-0.39, 0.29) is 0 Å². The van der Waals surface area contributed by atoms with Crippen LogP contribution in [0.3, 0.4) is 0 Å². The van der Waals surface area contributed by atoms with E-state index in [0.717, 1.165) is 45.3 Å². The maximum Gasteiger partial charge on any atom is 0.0593 e. The van der Waals surface area contributed by atoms with E-state index < -0.39 is 0 Å². The molecule has 0 heterocycles. The summed E-state index contributed by atoms with van der Waals surface area (Å²) in [5, 5.41) is 3.31. The van der Waals surface area contributed by atoms with Crippen LogP contribution in [0.4, 0.5) is 0 Å². The summed E-state index contributed by atoms with van der Waals surface area (Å²) < 4.78 is 5.56. The highest BCUT2D eigenvalue weighted by Crippen LogP contribution is 1.98. The van der Waals surface area contributed by atoms with Crippen molar-refractivity contribution in [2.75, 3.05) is 46.4 Å². The quantitative estimate of drug-likeness (QED) is 0.561. The number of hydrogen-bond acceptors (Lipinski definition) is 3. The van der Waals surface area contributed by atoms with Crippen molar-refractivity contribution in [3.8, 4) is 0 Å². The van der Waals surface area contributed by atoms with Gasteiger partial charge in [0.1, 0.15) is 0 Å². The first-order valence-corrected chi connectivity index (χ1v) is 6.13. The molecular weight excluding hydrogens is 188 g/mol. The highest BCUT2D eigenvalue weighted by molar-refractivity contribution is 4.53. The molecule has 0 saturated carbocycles. The molecule has 1 N–H and O–H groups in total. The molecule has 0 amide bonds. The number of nitrogens with zero attached hydrogens (tertiary/aromatic N) is 1. The minimum absolute atomic E-state index is 0.747. The predicted molar refractivity (Wildman–Crippen MR) is 66.3 cm³/mol. The van der Waals surface area contributed by atoms with Crippen molar-refractivity contribution in [3.63, 3.8) is 0 Å². The van der Waals surface area contributed by atoms with Crippen molar-refractivity contribution < 1.29 is 4.74 Å². The van der Waals surface area contributed by atoms with Crippen LogP contribution in [0.2, 0.25) is 0 Å². The molecule has 0 aromatic heterocycles. The van der Waals surface area contributed by atoms with Crippen molar-refractivity contribution in [2.24, 2.45) is 5.92 Å². The van der Waals surface area contributed by atoms with Gasteiger partial charge in [-0.15, -0.1) is 0 Å². The lowest BCUT2D eigenvalue weighted by atomic mass is 10.1. The summed E-state index contributed by atoms with van der Waals surface area (Å²) in [5.41, 5.74) is 0. The zero-order chi connectivity index (χ0) is 11.5. The Morgan fingerprint density at radius 3 is 2.53 bits per heavy atom. The van der Waals surface area contributed by atoms with Crippen molar-refractivity contribution in [2.45, 2.75) is 27.2 Å². The third-order valence-electron chi connectivity index (χ3n) is 2.38. The van der Waals surface area contributed by atoms with Crippen LogP contribution < -0.4 is 5.32 Å². The monoisotopic (exact) mass is 216 g/mol. The fourth-order valence-corrected chi connectivity index (χ4v) is 1.20. The van der Waals surface area contributed by atoms with Gasteiger partial charge in [-0.25, -0.2) is 0 Å². The molecule has 92 valence electrons. The van der Waals surface area contributed by atoms with Gasteiger partial charge in [-0.2, -0.15) is 0 Å². The molecule has 0 rings (SSSR count). The topological polar surface area (TPSA) is 24.5 Å². The number of rotatable bonds is 10. The van der Waals surface area contributed by atoms with E-state index in [4.69, 9.17) is 4.74 Å². The lowest BCUT2D eigenvalue weighted by Gasteiger charge is -2.16. The second-order valence-corrected chi connectivity index (χ2v) is 4.45. The Balaban J connectivity index is 3.13. The Morgan fingerprint density at radius 2 is 1.93 bits per heavy atom. The summed E-state index contributed by atoms with van der Waals surface area (Å²) in [7, 11) is 2.14. The molecule has 15 heavy (non-hydrogen) atoms. The van der Waals surface area contributed by atoms with Crippen molar-refractivity contribution >= 4 is 0 Å². The van der Waals surface area contributed by atoms with Crippen LogP contribution in [0.25, 0.3) is 0 Å². The number of likely N-dealkylation sites (N-methyl/N-ethyl adjacent to an activating group) is 2. The lowest BCUT2D eigenvalue weighted by molar-refractivity contribution is 0.103. The van der Waals surface area contributed by atoms with Gasteiger partial charge in [0, 0.05) is 26.2 Å². The smallest absolute Gasteiger partial charge is 0.0593 e. The average Bonchev–Trinajstić information content (AvgIpc) is 2.17. The molecule has 0 radical (unpaired) electrons. The van der Waals surface area contributed by atoms with Gasteiger partial charge >= 0.3 is 0 Å². The van der Waals surface area contributed by atoms with Crippen LogP contribution in [0.5, 0.6) is 0 Å². The van der Waals surface area contributed by atoms with Crippen LogP contribution >= 0.6 is 0 Å². The first-order chi connectivity index (χ1) is 7.16. The molecule has 0 aliphatic rings. The summed E-state index contributed by atoms with van der Waals surface area (Å²) in [4.78, 5) is 2.30. The van der Waals surface area contributed by atoms with E-state index in [9.17, 15) is 0 Å². The molecule has 0 atom stereocenters. The Morgan fingerprint density at radius 1 is 1.20 bits per heavy atom. The van der Waals surface area contributed by atoms with Gasteiger partial charge in [0.25, 0.3) is 0 Å². The highest BCUT2D eigenvalue weighted by Gasteiger charge is 1.98. The molecule has 0 saturated heterocycles. The zero-order valence-corrected chi connectivity index (χ0v) is 10.9. The maximum atomic E-state index is 5.56. The van der Waals surface area contributed by atoms with Crippen molar-refractivity contribution in [1.82, 2.24) is 10.2 Å². The molecule has 0 unspecified atom stereocenters. The summed E-state index contributed by atoms with van der Waals surface area (Å²) >= 11 is 0. The second-order valence-electron chi connectivity index (χ2n) is 4.45. The third-order valence-corrected chi connectivity index (χ3v) is 2.38. The van der Waals surface area contributed by atoms with Crippen LogP contribution in [0.15, 0.2) is 0 Å². The predicted octanol–water partition coefficient (Wildman–Crippen LogP) is 1.59. The maximum absolute atomic E-state index is 5.56. The molecule has 3 nitrogen and oxygen atoms in total. The minimum Gasteiger partial charge on any atom is -0.380 e. The Hall–Kier alpha value is -0.120. The number of nitrogens with one attached hydrogen (secondary N) is 1. The Kier molecular flexibility index (Phi) is 10.3. The second kappa shape index (κ2) is 10.4. The minimum atomic E-state index is 0.747. The average molecular weight is 216 g/mol. The molecule has 0 spiro atoms. The largest absolute Gasteiger partial charge is 0.380 e. The van der Waals surface area contributed by atoms with Gasteiger partial charge in [0.2, 0.25) is 0 Å². The van der Waals surface area contributed by atoms with Gasteiger partial charge in [-0.3, -0.25) is 0 Å². The standard InChI is InChI=1S/C12H28N2O/c1-5-13-7-8-14(4)9-11-15-10-6-12(2)3/h12-13H,5-11H2,1-4H3. The highest BCUT2D eigenvalue weighted by atomic mass is 16.5. The van der Waals surface area contributed by atoms with Gasteiger partial charge in [0.15, 0.2) is 0 Å². The normalized spacial score (nSPS) is 11.6. The van der Waals surface area contributed by atoms with Crippen molar-refractivity contribution in [1.29, 1.82) is 0 Å². The van der Waals surface area contributed by atoms with E-state index in [0.29, 0.717) is 0 Å². The van der Waals surface area contributed by atoms with Gasteiger partial charge in [-0.1, -0.05) is 20.8 Å². The summed E-state index contributed by atoms with van der Waals surface area (Å²) in [6, 6.07) is 0. The van der Waals surface area contributed by atoms with E-state index in [1.54, 1.807) is 0 Å². The van der Waals surface area contributed by atoms with Crippen LogP contribution in [0, 0.1) is 5.92 Å². The van der Waals surface area contributed by atoms with Crippen LogP contribution in [0.1, 0.15) is 27.2 Å². The van der Waals surface area contributed by atoms with E-state index >= 15 is 0 Å². The molecule has 0 fully saturated rings. The molecular formula is C12H28N2O. The first kappa shape index (κ1) is 14.9. The Bertz CT molecular complexity index is 129. The number of ether oxygens (including phenoxy) is 1.